The largest absolute Gasteiger partial charge is 0.480 e. The Balaban J connectivity index is 1.80. The van der Waals surface area contributed by atoms with Crippen LogP contribution in [-0.2, 0) is 11.3 Å². The van der Waals surface area contributed by atoms with Crippen LogP contribution in [0.3, 0.4) is 0 Å². The maximum atomic E-state index is 11.8. The summed E-state index contributed by atoms with van der Waals surface area (Å²) in [5.74, 6) is -1.01. The standard InChI is InChI=1S/C19H30BClN2O4/c21-16-7-3-14(4-8-16)13-23-17-9-5-15(6-10-17)19(22,18(24)25)11-1-2-12-20(26)27/h3-4,7-8,15,17,23,26-27H,1-2,5-6,9-13,22H2,(H,24,25)/t15?,17?,19-/m0/s1. The van der Waals surface area contributed by atoms with Crippen LogP contribution in [0.5, 0.6) is 0 Å². The first kappa shape index (κ1) is 22.2. The van der Waals surface area contributed by atoms with Gasteiger partial charge in [0.1, 0.15) is 5.54 Å². The van der Waals surface area contributed by atoms with Gasteiger partial charge < -0.3 is 26.2 Å². The number of hydrogen-bond acceptors (Lipinski definition) is 5. The topological polar surface area (TPSA) is 116 Å². The molecule has 1 saturated carbocycles. The molecule has 1 aliphatic carbocycles. The van der Waals surface area contributed by atoms with E-state index in [1.165, 1.54) is 5.56 Å². The number of halogens is 1. The molecule has 0 heterocycles. The lowest BCUT2D eigenvalue weighted by molar-refractivity contribution is -0.146. The highest BCUT2D eigenvalue weighted by Gasteiger charge is 2.43. The van der Waals surface area contributed by atoms with Gasteiger partial charge in [0, 0.05) is 17.6 Å². The second kappa shape index (κ2) is 10.4. The quantitative estimate of drug-likeness (QED) is 0.306. The van der Waals surface area contributed by atoms with E-state index in [0.29, 0.717) is 25.3 Å². The minimum absolute atomic E-state index is 0.0531. The van der Waals surface area contributed by atoms with Gasteiger partial charge in [-0.25, -0.2) is 0 Å². The number of rotatable bonds is 10. The van der Waals surface area contributed by atoms with Crippen molar-refractivity contribution in [2.24, 2.45) is 11.7 Å². The number of carbonyl (C=O) groups is 1. The summed E-state index contributed by atoms with van der Waals surface area (Å²) in [7, 11) is -1.34. The van der Waals surface area contributed by atoms with Gasteiger partial charge in [-0.1, -0.05) is 36.6 Å². The lowest BCUT2D eigenvalue weighted by atomic mass is 9.71. The van der Waals surface area contributed by atoms with Crippen LogP contribution in [0.1, 0.15) is 50.5 Å². The van der Waals surface area contributed by atoms with Crippen LogP contribution in [0.15, 0.2) is 24.3 Å². The van der Waals surface area contributed by atoms with Crippen molar-refractivity contribution < 1.29 is 19.9 Å². The zero-order valence-electron chi connectivity index (χ0n) is 15.6. The third-order valence-corrected chi connectivity index (χ3v) is 5.92. The molecule has 1 aromatic rings. The van der Waals surface area contributed by atoms with Gasteiger partial charge in [0.2, 0.25) is 0 Å². The molecule has 1 fully saturated rings. The van der Waals surface area contributed by atoms with E-state index in [9.17, 15) is 9.90 Å². The first-order valence-electron chi connectivity index (χ1n) is 9.67. The van der Waals surface area contributed by atoms with Crippen LogP contribution in [0.4, 0.5) is 0 Å². The number of carboxylic acid groups (broad SMARTS) is 1. The van der Waals surface area contributed by atoms with Crippen molar-refractivity contribution in [2.75, 3.05) is 0 Å². The van der Waals surface area contributed by atoms with Crippen LogP contribution < -0.4 is 11.1 Å². The van der Waals surface area contributed by atoms with E-state index < -0.39 is 18.6 Å². The molecular formula is C19H30BClN2O4. The molecule has 0 aliphatic heterocycles. The number of aliphatic carboxylic acids is 1. The average Bonchev–Trinajstić information content (AvgIpc) is 2.64. The lowest BCUT2D eigenvalue weighted by Gasteiger charge is -2.39. The van der Waals surface area contributed by atoms with Gasteiger partial charge in [0.15, 0.2) is 0 Å². The predicted octanol–water partition coefficient (Wildman–Crippen LogP) is 2.41. The summed E-state index contributed by atoms with van der Waals surface area (Å²) in [6.45, 7) is 0.767. The van der Waals surface area contributed by atoms with Gasteiger partial charge in [0.25, 0.3) is 0 Å². The Morgan fingerprint density at radius 2 is 1.81 bits per heavy atom. The molecule has 1 atom stereocenters. The summed E-state index contributed by atoms with van der Waals surface area (Å²) in [5.41, 5.74) is 6.24. The normalized spacial score (nSPS) is 22.2. The Kier molecular flexibility index (Phi) is 8.57. The number of unbranched alkanes of at least 4 members (excludes halogenated alkanes) is 1. The van der Waals surface area contributed by atoms with Crippen molar-refractivity contribution in [2.45, 2.75) is 69.4 Å². The van der Waals surface area contributed by atoms with Crippen LogP contribution >= 0.6 is 11.6 Å². The molecule has 6 N–H and O–H groups in total. The van der Waals surface area contributed by atoms with Crippen molar-refractivity contribution in [1.29, 1.82) is 0 Å². The van der Waals surface area contributed by atoms with E-state index in [2.05, 4.69) is 5.32 Å². The first-order chi connectivity index (χ1) is 12.8. The summed E-state index contributed by atoms with van der Waals surface area (Å²) in [6.07, 6.45) is 5.11. The Hall–Kier alpha value is -1.12. The summed E-state index contributed by atoms with van der Waals surface area (Å²) in [4.78, 5) is 11.8. The van der Waals surface area contributed by atoms with Crippen molar-refractivity contribution in [3.05, 3.63) is 34.9 Å². The smallest absolute Gasteiger partial charge is 0.451 e. The highest BCUT2D eigenvalue weighted by molar-refractivity contribution is 6.40. The van der Waals surface area contributed by atoms with Crippen LogP contribution in [0.25, 0.3) is 0 Å². The molecule has 0 saturated heterocycles. The highest BCUT2D eigenvalue weighted by atomic mass is 35.5. The Morgan fingerprint density at radius 1 is 1.19 bits per heavy atom. The lowest BCUT2D eigenvalue weighted by Crippen LogP contribution is -2.55. The number of nitrogens with one attached hydrogen (secondary N) is 1. The molecular weight excluding hydrogens is 366 g/mol. The Morgan fingerprint density at radius 3 is 2.37 bits per heavy atom. The number of hydrogen-bond donors (Lipinski definition) is 5. The molecule has 0 bridgehead atoms. The van der Waals surface area contributed by atoms with E-state index in [-0.39, 0.29) is 12.2 Å². The first-order valence-corrected chi connectivity index (χ1v) is 10.1. The maximum Gasteiger partial charge on any atom is 0.451 e. The molecule has 150 valence electrons. The van der Waals surface area contributed by atoms with Crippen LogP contribution in [0, 0.1) is 5.92 Å². The summed E-state index contributed by atoms with van der Waals surface area (Å²) < 4.78 is 0. The molecule has 0 unspecified atom stereocenters. The fourth-order valence-corrected chi connectivity index (χ4v) is 4.03. The number of carboxylic acids is 1. The van der Waals surface area contributed by atoms with Crippen molar-refractivity contribution in [3.8, 4) is 0 Å². The summed E-state index contributed by atoms with van der Waals surface area (Å²) in [5, 5.41) is 31.8. The van der Waals surface area contributed by atoms with Gasteiger partial charge in [-0.15, -0.1) is 0 Å². The van der Waals surface area contributed by atoms with E-state index in [1.807, 2.05) is 24.3 Å². The predicted molar refractivity (Wildman–Crippen MR) is 107 cm³/mol. The van der Waals surface area contributed by atoms with Crippen molar-refractivity contribution in [3.63, 3.8) is 0 Å². The summed E-state index contributed by atoms with van der Waals surface area (Å²) >= 11 is 5.90. The second-order valence-electron chi connectivity index (χ2n) is 7.63. The second-order valence-corrected chi connectivity index (χ2v) is 8.06. The SMILES string of the molecule is N[C@](CCCCB(O)O)(C(=O)O)C1CCC(NCc2ccc(Cl)cc2)CC1. The third kappa shape index (κ3) is 6.77. The molecule has 1 aromatic carbocycles. The number of benzene rings is 1. The van der Waals surface area contributed by atoms with Gasteiger partial charge in [-0.3, -0.25) is 4.79 Å². The molecule has 8 heteroatoms. The maximum absolute atomic E-state index is 11.8. The van der Waals surface area contributed by atoms with E-state index in [4.69, 9.17) is 27.4 Å². The molecule has 0 radical (unpaired) electrons. The minimum atomic E-state index is -1.34. The van der Waals surface area contributed by atoms with E-state index in [1.54, 1.807) is 0 Å². The van der Waals surface area contributed by atoms with E-state index in [0.717, 1.165) is 37.3 Å². The third-order valence-electron chi connectivity index (χ3n) is 5.66. The van der Waals surface area contributed by atoms with Gasteiger partial charge in [-0.05, 0) is 62.0 Å². The van der Waals surface area contributed by atoms with Gasteiger partial charge >= 0.3 is 13.1 Å². The monoisotopic (exact) mass is 396 g/mol. The fourth-order valence-electron chi connectivity index (χ4n) is 3.91. The zero-order chi connectivity index (χ0) is 19.9. The van der Waals surface area contributed by atoms with Crippen molar-refractivity contribution >= 4 is 24.7 Å². The Labute approximate surface area is 166 Å². The molecule has 27 heavy (non-hydrogen) atoms. The molecule has 0 aromatic heterocycles. The fraction of sp³-hybridized carbons (Fsp3) is 0.632. The summed E-state index contributed by atoms with van der Waals surface area (Å²) in [6, 6.07) is 8.11. The van der Waals surface area contributed by atoms with Gasteiger partial charge in [0.05, 0.1) is 0 Å². The van der Waals surface area contributed by atoms with Crippen LogP contribution in [-0.4, -0.2) is 39.8 Å². The molecule has 0 spiro atoms. The minimum Gasteiger partial charge on any atom is -0.480 e. The molecule has 0 amide bonds. The Bertz CT molecular complexity index is 594. The molecule has 2 rings (SSSR count). The van der Waals surface area contributed by atoms with Crippen molar-refractivity contribution in [1.82, 2.24) is 5.32 Å². The number of nitrogens with two attached hydrogens (primary N) is 1. The van der Waals surface area contributed by atoms with Crippen LogP contribution in [0.2, 0.25) is 11.3 Å². The van der Waals surface area contributed by atoms with E-state index >= 15 is 0 Å². The van der Waals surface area contributed by atoms with Gasteiger partial charge in [-0.2, -0.15) is 0 Å². The highest BCUT2D eigenvalue weighted by Crippen LogP contribution is 2.35. The molecule has 1 aliphatic rings. The zero-order valence-corrected chi connectivity index (χ0v) is 16.4. The average molecular weight is 397 g/mol. The molecule has 6 nitrogen and oxygen atoms in total.